The van der Waals surface area contributed by atoms with Gasteiger partial charge in [-0.25, -0.2) is 0 Å². The molecule has 0 spiro atoms. The van der Waals surface area contributed by atoms with Gasteiger partial charge in [0.05, 0.1) is 0 Å². The van der Waals surface area contributed by atoms with Crippen LogP contribution >= 0.6 is 0 Å². The quantitative estimate of drug-likeness (QED) is 0.268. The summed E-state index contributed by atoms with van der Waals surface area (Å²) in [6.07, 6.45) is 13.9. The van der Waals surface area contributed by atoms with Crippen LogP contribution in [0.25, 0.3) is 0 Å². The zero-order valence-corrected chi connectivity index (χ0v) is 12.4. The fourth-order valence-corrected chi connectivity index (χ4v) is 2.22. The number of nitrogens with zero attached hydrogens (tertiary/aromatic N) is 1. The van der Waals surface area contributed by atoms with Gasteiger partial charge in [0.1, 0.15) is 0 Å². The summed E-state index contributed by atoms with van der Waals surface area (Å²) in [5, 5.41) is 0. The van der Waals surface area contributed by atoms with E-state index in [1.807, 2.05) is 11.0 Å². The van der Waals surface area contributed by atoms with Gasteiger partial charge in [0.15, 0.2) is 0 Å². The Bertz CT molecular complexity index is 181. The second-order valence-electron chi connectivity index (χ2n) is 5.06. The summed E-state index contributed by atoms with van der Waals surface area (Å²) < 4.78 is 0. The van der Waals surface area contributed by atoms with Crippen LogP contribution in [0.4, 0.5) is 0 Å². The second kappa shape index (κ2) is 12.7. The van der Waals surface area contributed by atoms with Crippen LogP contribution in [0.1, 0.15) is 71.6 Å². The first-order valence-electron chi connectivity index (χ1n) is 7.63. The average Bonchev–Trinajstić information content (AvgIpc) is 2.40. The molecule has 0 aliphatic carbocycles. The Labute approximate surface area is 113 Å². The summed E-state index contributed by atoms with van der Waals surface area (Å²) in [6.45, 7) is 9.18. The average molecular weight is 253 g/mol. The maximum atomic E-state index is 11.1. The summed E-state index contributed by atoms with van der Waals surface area (Å²) in [5.41, 5.74) is 0. The number of amides is 1. The van der Waals surface area contributed by atoms with Crippen LogP contribution in [0.15, 0.2) is 12.7 Å². The van der Waals surface area contributed by atoms with E-state index in [0.717, 1.165) is 25.8 Å². The standard InChI is InChI=1S/C16H31NO/c1-4-7-9-11-13-16(6-3)17(15-18)14-12-10-8-5-2/h6,15-16H,3-5,7-14H2,1-2H3. The number of hydrogen-bond donors (Lipinski definition) is 0. The molecule has 18 heavy (non-hydrogen) atoms. The first-order valence-corrected chi connectivity index (χ1v) is 7.63. The molecule has 2 heteroatoms. The van der Waals surface area contributed by atoms with Gasteiger partial charge < -0.3 is 4.90 Å². The topological polar surface area (TPSA) is 20.3 Å². The van der Waals surface area contributed by atoms with Gasteiger partial charge in [0.2, 0.25) is 6.41 Å². The third-order valence-electron chi connectivity index (χ3n) is 3.46. The van der Waals surface area contributed by atoms with Gasteiger partial charge in [-0.05, 0) is 12.8 Å². The van der Waals surface area contributed by atoms with Crippen molar-refractivity contribution in [3.05, 3.63) is 12.7 Å². The summed E-state index contributed by atoms with van der Waals surface area (Å²) in [4.78, 5) is 13.1. The van der Waals surface area contributed by atoms with E-state index in [9.17, 15) is 4.79 Å². The molecule has 1 amide bonds. The van der Waals surface area contributed by atoms with E-state index < -0.39 is 0 Å². The van der Waals surface area contributed by atoms with Crippen molar-refractivity contribution in [2.75, 3.05) is 6.54 Å². The first kappa shape index (κ1) is 17.2. The lowest BCUT2D eigenvalue weighted by molar-refractivity contribution is -0.119. The van der Waals surface area contributed by atoms with Crippen LogP contribution in [-0.2, 0) is 4.79 Å². The van der Waals surface area contributed by atoms with Crippen LogP contribution in [-0.4, -0.2) is 23.9 Å². The minimum atomic E-state index is 0.237. The highest BCUT2D eigenvalue weighted by atomic mass is 16.1. The van der Waals surface area contributed by atoms with Gasteiger partial charge in [-0.1, -0.05) is 64.9 Å². The smallest absolute Gasteiger partial charge is 0.210 e. The van der Waals surface area contributed by atoms with Gasteiger partial charge in [0, 0.05) is 12.6 Å². The summed E-state index contributed by atoms with van der Waals surface area (Å²) in [5.74, 6) is 0. The molecule has 1 atom stereocenters. The van der Waals surface area contributed by atoms with E-state index in [-0.39, 0.29) is 6.04 Å². The number of unbranched alkanes of at least 4 members (excludes halogenated alkanes) is 6. The number of hydrogen-bond acceptors (Lipinski definition) is 1. The molecule has 0 aromatic carbocycles. The van der Waals surface area contributed by atoms with Crippen molar-refractivity contribution in [2.24, 2.45) is 0 Å². The lowest BCUT2D eigenvalue weighted by atomic mass is 10.1. The monoisotopic (exact) mass is 253 g/mol. The predicted octanol–water partition coefficient (Wildman–Crippen LogP) is 4.55. The third-order valence-corrected chi connectivity index (χ3v) is 3.46. The van der Waals surface area contributed by atoms with Crippen molar-refractivity contribution in [3.8, 4) is 0 Å². The molecule has 0 radical (unpaired) electrons. The van der Waals surface area contributed by atoms with Crippen LogP contribution in [0.3, 0.4) is 0 Å². The molecule has 0 saturated heterocycles. The Morgan fingerprint density at radius 1 is 1.00 bits per heavy atom. The molecule has 2 nitrogen and oxygen atoms in total. The minimum absolute atomic E-state index is 0.237. The van der Waals surface area contributed by atoms with E-state index in [4.69, 9.17) is 0 Å². The number of rotatable bonds is 13. The number of carbonyl (C=O) groups excluding carboxylic acids is 1. The van der Waals surface area contributed by atoms with Crippen LogP contribution in [0.5, 0.6) is 0 Å². The maximum Gasteiger partial charge on any atom is 0.210 e. The highest BCUT2D eigenvalue weighted by molar-refractivity contribution is 5.48. The van der Waals surface area contributed by atoms with Crippen molar-refractivity contribution in [2.45, 2.75) is 77.7 Å². The van der Waals surface area contributed by atoms with E-state index in [1.54, 1.807) is 0 Å². The first-order chi connectivity index (χ1) is 8.79. The SMILES string of the molecule is C=CC(CCCCCC)N(C=O)CCCCCC. The molecular formula is C16H31NO. The summed E-state index contributed by atoms with van der Waals surface area (Å²) >= 11 is 0. The zero-order chi connectivity index (χ0) is 13.6. The predicted molar refractivity (Wildman–Crippen MR) is 79.7 cm³/mol. The highest BCUT2D eigenvalue weighted by Gasteiger charge is 2.12. The van der Waals surface area contributed by atoms with Crippen LogP contribution in [0.2, 0.25) is 0 Å². The molecule has 0 fully saturated rings. The summed E-state index contributed by atoms with van der Waals surface area (Å²) in [6, 6.07) is 0.237. The van der Waals surface area contributed by atoms with Gasteiger partial charge in [0.25, 0.3) is 0 Å². The Morgan fingerprint density at radius 2 is 1.61 bits per heavy atom. The lowest BCUT2D eigenvalue weighted by Gasteiger charge is -2.25. The molecule has 0 aliphatic heterocycles. The highest BCUT2D eigenvalue weighted by Crippen LogP contribution is 2.12. The van der Waals surface area contributed by atoms with Gasteiger partial charge in [-0.3, -0.25) is 4.79 Å². The molecular weight excluding hydrogens is 222 g/mol. The van der Waals surface area contributed by atoms with E-state index in [0.29, 0.717) is 0 Å². The number of carbonyl (C=O) groups is 1. The van der Waals surface area contributed by atoms with Crippen molar-refractivity contribution >= 4 is 6.41 Å². The molecule has 0 aromatic rings. The fourth-order valence-electron chi connectivity index (χ4n) is 2.22. The minimum Gasteiger partial charge on any atom is -0.339 e. The van der Waals surface area contributed by atoms with Crippen molar-refractivity contribution in [3.63, 3.8) is 0 Å². The van der Waals surface area contributed by atoms with E-state index >= 15 is 0 Å². The van der Waals surface area contributed by atoms with Crippen LogP contribution in [0, 0.1) is 0 Å². The van der Waals surface area contributed by atoms with E-state index in [1.165, 1.54) is 44.9 Å². The maximum absolute atomic E-state index is 11.1. The van der Waals surface area contributed by atoms with Gasteiger partial charge in [-0.15, -0.1) is 6.58 Å². The molecule has 0 N–H and O–H groups in total. The van der Waals surface area contributed by atoms with Crippen LogP contribution < -0.4 is 0 Å². The summed E-state index contributed by atoms with van der Waals surface area (Å²) in [7, 11) is 0. The van der Waals surface area contributed by atoms with Crippen molar-refractivity contribution in [1.29, 1.82) is 0 Å². The zero-order valence-electron chi connectivity index (χ0n) is 12.4. The molecule has 0 aromatic heterocycles. The Morgan fingerprint density at radius 3 is 2.11 bits per heavy atom. The van der Waals surface area contributed by atoms with E-state index in [2.05, 4.69) is 20.4 Å². The molecule has 1 unspecified atom stereocenters. The van der Waals surface area contributed by atoms with Gasteiger partial charge in [-0.2, -0.15) is 0 Å². The molecule has 0 heterocycles. The molecule has 0 saturated carbocycles. The third kappa shape index (κ3) is 8.32. The molecule has 0 bridgehead atoms. The largest absolute Gasteiger partial charge is 0.339 e. The van der Waals surface area contributed by atoms with Crippen molar-refractivity contribution in [1.82, 2.24) is 4.90 Å². The fraction of sp³-hybridized carbons (Fsp3) is 0.812. The van der Waals surface area contributed by atoms with Crippen molar-refractivity contribution < 1.29 is 4.79 Å². The Hall–Kier alpha value is -0.790. The molecule has 0 aliphatic rings. The molecule has 0 rings (SSSR count). The van der Waals surface area contributed by atoms with Gasteiger partial charge >= 0.3 is 0 Å². The lowest BCUT2D eigenvalue weighted by Crippen LogP contribution is -2.33. The second-order valence-corrected chi connectivity index (χ2v) is 5.06. The Kier molecular flexibility index (Phi) is 12.1. The normalized spacial score (nSPS) is 12.1. The Balaban J connectivity index is 3.89. The molecule has 106 valence electrons.